The number of carbonyl (C=O) groups is 1. The molecule has 3 aromatic carbocycles. The Kier molecular flexibility index (Phi) is 5.63. The molecule has 1 heterocycles. The van der Waals surface area contributed by atoms with Crippen molar-refractivity contribution in [2.45, 2.75) is 6.54 Å². The van der Waals surface area contributed by atoms with Crippen molar-refractivity contribution in [2.24, 2.45) is 0 Å². The number of hydrogen-bond acceptors (Lipinski definition) is 3. The van der Waals surface area contributed by atoms with E-state index >= 15 is 0 Å². The Morgan fingerprint density at radius 2 is 1.67 bits per heavy atom. The van der Waals surface area contributed by atoms with Crippen LogP contribution < -0.4 is 5.32 Å². The standard InChI is InChI=1S/C23H17BrFN3O2/c24-18-5-9-20(10-6-18)26-13-17-14-28(21-11-3-16(4-12-21)23(29)30)27-22(17)15-1-7-19(25)8-2-15/h1-12,14,26H,13H2,(H,29,30). The van der Waals surface area contributed by atoms with Gasteiger partial charge in [-0.2, -0.15) is 5.10 Å². The molecule has 0 amide bonds. The minimum atomic E-state index is -0.978. The van der Waals surface area contributed by atoms with Crippen LogP contribution in [0.5, 0.6) is 0 Å². The first-order valence-electron chi connectivity index (χ1n) is 9.17. The Hall–Kier alpha value is -3.45. The first-order chi connectivity index (χ1) is 14.5. The molecule has 1 aromatic heterocycles. The summed E-state index contributed by atoms with van der Waals surface area (Å²) in [6.45, 7) is 0.515. The second-order valence-corrected chi connectivity index (χ2v) is 7.58. The largest absolute Gasteiger partial charge is 0.478 e. The summed E-state index contributed by atoms with van der Waals surface area (Å²) >= 11 is 3.42. The van der Waals surface area contributed by atoms with E-state index in [-0.39, 0.29) is 11.4 Å². The van der Waals surface area contributed by atoms with E-state index in [4.69, 9.17) is 5.11 Å². The number of rotatable bonds is 6. The molecule has 0 aliphatic rings. The summed E-state index contributed by atoms with van der Waals surface area (Å²) in [6.07, 6.45) is 1.89. The Balaban J connectivity index is 1.68. The van der Waals surface area contributed by atoms with Crippen LogP contribution in [0.15, 0.2) is 83.5 Å². The number of halogens is 2. The lowest BCUT2D eigenvalue weighted by molar-refractivity contribution is 0.0697. The number of aromatic nitrogens is 2. The van der Waals surface area contributed by atoms with Gasteiger partial charge in [-0.3, -0.25) is 0 Å². The van der Waals surface area contributed by atoms with E-state index in [9.17, 15) is 9.18 Å². The fourth-order valence-electron chi connectivity index (χ4n) is 3.04. The topological polar surface area (TPSA) is 67.2 Å². The van der Waals surface area contributed by atoms with Gasteiger partial charge in [-0.05, 0) is 72.8 Å². The monoisotopic (exact) mass is 465 g/mol. The summed E-state index contributed by atoms with van der Waals surface area (Å²) in [5, 5.41) is 17.1. The Bertz CT molecular complexity index is 1170. The fourth-order valence-corrected chi connectivity index (χ4v) is 3.31. The number of nitrogens with one attached hydrogen (secondary N) is 1. The summed E-state index contributed by atoms with van der Waals surface area (Å²) < 4.78 is 16.1. The van der Waals surface area contributed by atoms with Crippen molar-refractivity contribution in [1.82, 2.24) is 9.78 Å². The molecule has 0 atom stereocenters. The van der Waals surface area contributed by atoms with Crippen LogP contribution in [0.4, 0.5) is 10.1 Å². The summed E-state index contributed by atoms with van der Waals surface area (Å²) in [5.74, 6) is -1.29. The second kappa shape index (κ2) is 8.51. The van der Waals surface area contributed by atoms with Crippen LogP contribution >= 0.6 is 15.9 Å². The van der Waals surface area contributed by atoms with Crippen molar-refractivity contribution >= 4 is 27.6 Å². The summed E-state index contributed by atoms with van der Waals surface area (Å²) in [6, 6.07) is 20.5. The molecular formula is C23H17BrFN3O2. The maximum absolute atomic E-state index is 13.4. The molecule has 0 aliphatic heterocycles. The molecule has 4 aromatic rings. The van der Waals surface area contributed by atoms with Crippen LogP contribution in [0.1, 0.15) is 15.9 Å². The molecule has 150 valence electrons. The lowest BCUT2D eigenvalue weighted by Gasteiger charge is -2.07. The quantitative estimate of drug-likeness (QED) is 0.380. The smallest absolute Gasteiger partial charge is 0.335 e. The van der Waals surface area contributed by atoms with Gasteiger partial charge >= 0.3 is 5.97 Å². The molecule has 0 radical (unpaired) electrons. The highest BCUT2D eigenvalue weighted by Gasteiger charge is 2.13. The van der Waals surface area contributed by atoms with E-state index in [2.05, 4.69) is 26.3 Å². The number of carboxylic acid groups (broad SMARTS) is 1. The molecule has 4 rings (SSSR count). The Morgan fingerprint density at radius 3 is 2.30 bits per heavy atom. The van der Waals surface area contributed by atoms with Crippen molar-refractivity contribution < 1.29 is 14.3 Å². The van der Waals surface area contributed by atoms with Gasteiger partial charge in [-0.15, -0.1) is 0 Å². The predicted octanol–water partition coefficient (Wildman–Crippen LogP) is 5.75. The minimum absolute atomic E-state index is 0.210. The van der Waals surface area contributed by atoms with Crippen molar-refractivity contribution in [1.29, 1.82) is 0 Å². The number of carboxylic acids is 1. The van der Waals surface area contributed by atoms with E-state index in [0.29, 0.717) is 6.54 Å². The zero-order valence-electron chi connectivity index (χ0n) is 15.7. The average Bonchev–Trinajstić information content (AvgIpc) is 3.18. The molecule has 0 spiro atoms. The Morgan fingerprint density at radius 1 is 1.00 bits per heavy atom. The molecule has 0 fully saturated rings. The number of aromatic carboxylic acids is 1. The fraction of sp³-hybridized carbons (Fsp3) is 0.0435. The molecule has 5 nitrogen and oxygen atoms in total. The third-order valence-corrected chi connectivity index (χ3v) is 5.14. The number of nitrogens with zero attached hydrogens (tertiary/aromatic N) is 2. The highest BCUT2D eigenvalue weighted by Crippen LogP contribution is 2.25. The normalized spacial score (nSPS) is 10.7. The average molecular weight is 466 g/mol. The van der Waals surface area contributed by atoms with E-state index < -0.39 is 5.97 Å². The molecule has 0 bridgehead atoms. The lowest BCUT2D eigenvalue weighted by atomic mass is 10.1. The number of hydrogen-bond donors (Lipinski definition) is 2. The molecular weight excluding hydrogens is 449 g/mol. The van der Waals surface area contributed by atoms with Gasteiger partial charge in [0, 0.05) is 34.0 Å². The van der Waals surface area contributed by atoms with Crippen LogP contribution in [0.3, 0.4) is 0 Å². The second-order valence-electron chi connectivity index (χ2n) is 6.67. The van der Waals surface area contributed by atoms with E-state index in [1.165, 1.54) is 24.3 Å². The molecule has 0 unspecified atom stereocenters. The van der Waals surface area contributed by atoms with Gasteiger partial charge in [0.15, 0.2) is 0 Å². The summed E-state index contributed by atoms with van der Waals surface area (Å²) in [7, 11) is 0. The zero-order chi connectivity index (χ0) is 21.1. The van der Waals surface area contributed by atoms with Gasteiger partial charge in [0.25, 0.3) is 0 Å². The van der Waals surface area contributed by atoms with Crippen molar-refractivity contribution in [3.8, 4) is 16.9 Å². The Labute approximate surface area is 180 Å². The zero-order valence-corrected chi connectivity index (χ0v) is 17.3. The number of anilines is 1. The minimum Gasteiger partial charge on any atom is -0.478 e. The lowest BCUT2D eigenvalue weighted by Crippen LogP contribution is -2.00. The third-order valence-electron chi connectivity index (χ3n) is 4.61. The molecule has 30 heavy (non-hydrogen) atoms. The molecule has 0 saturated carbocycles. The van der Waals surface area contributed by atoms with Crippen LogP contribution in [-0.2, 0) is 6.54 Å². The van der Waals surface area contributed by atoms with Gasteiger partial charge in [0.05, 0.1) is 16.9 Å². The molecule has 7 heteroatoms. The van der Waals surface area contributed by atoms with E-state index in [1.54, 1.807) is 28.9 Å². The van der Waals surface area contributed by atoms with Crippen LogP contribution in [0.25, 0.3) is 16.9 Å². The molecule has 0 aliphatic carbocycles. The van der Waals surface area contributed by atoms with Crippen molar-refractivity contribution in [3.05, 3.63) is 100 Å². The van der Waals surface area contributed by atoms with Crippen LogP contribution in [0.2, 0.25) is 0 Å². The van der Waals surface area contributed by atoms with Crippen molar-refractivity contribution in [3.63, 3.8) is 0 Å². The number of benzene rings is 3. The highest BCUT2D eigenvalue weighted by molar-refractivity contribution is 9.10. The van der Waals surface area contributed by atoms with Crippen molar-refractivity contribution in [2.75, 3.05) is 5.32 Å². The van der Waals surface area contributed by atoms with Crippen LogP contribution in [-0.4, -0.2) is 20.9 Å². The van der Waals surface area contributed by atoms with Gasteiger partial charge < -0.3 is 10.4 Å². The maximum Gasteiger partial charge on any atom is 0.335 e. The van der Waals surface area contributed by atoms with Gasteiger partial charge in [-0.1, -0.05) is 15.9 Å². The van der Waals surface area contributed by atoms with Crippen LogP contribution in [0, 0.1) is 5.82 Å². The maximum atomic E-state index is 13.4. The van der Waals surface area contributed by atoms with Gasteiger partial charge in [0.1, 0.15) is 5.82 Å². The van der Waals surface area contributed by atoms with Gasteiger partial charge in [-0.25, -0.2) is 13.9 Å². The summed E-state index contributed by atoms with van der Waals surface area (Å²) in [4.78, 5) is 11.1. The predicted molar refractivity (Wildman–Crippen MR) is 117 cm³/mol. The third kappa shape index (κ3) is 4.41. The van der Waals surface area contributed by atoms with E-state index in [0.717, 1.165) is 32.7 Å². The molecule has 0 saturated heterocycles. The van der Waals surface area contributed by atoms with Gasteiger partial charge in [0.2, 0.25) is 0 Å². The SMILES string of the molecule is O=C(O)c1ccc(-n2cc(CNc3ccc(Br)cc3)c(-c3ccc(F)cc3)n2)cc1. The highest BCUT2D eigenvalue weighted by atomic mass is 79.9. The molecule has 2 N–H and O–H groups in total. The van der Waals surface area contributed by atoms with E-state index in [1.807, 2.05) is 30.5 Å². The summed E-state index contributed by atoms with van der Waals surface area (Å²) in [5.41, 5.74) is 4.35. The first kappa shape index (κ1) is 19.8. The first-order valence-corrected chi connectivity index (χ1v) is 9.96.